The molecule has 1 aliphatic heterocycles. The third-order valence-corrected chi connectivity index (χ3v) is 4.02. The zero-order chi connectivity index (χ0) is 16.1. The van der Waals surface area contributed by atoms with Gasteiger partial charge in [0.05, 0.1) is 6.10 Å². The van der Waals surface area contributed by atoms with Gasteiger partial charge < -0.3 is 20.6 Å². The van der Waals surface area contributed by atoms with Crippen LogP contribution >= 0.6 is 0 Å². The Hall–Kier alpha value is -1.92. The van der Waals surface area contributed by atoms with Crippen molar-refractivity contribution in [1.29, 1.82) is 0 Å². The van der Waals surface area contributed by atoms with E-state index in [1.807, 2.05) is 6.92 Å². The van der Waals surface area contributed by atoms with Crippen molar-refractivity contribution in [2.24, 2.45) is 5.92 Å². The number of nitrogens with zero attached hydrogens (tertiary/aromatic N) is 1. The first kappa shape index (κ1) is 16.5. The van der Waals surface area contributed by atoms with Gasteiger partial charge in [0.1, 0.15) is 0 Å². The summed E-state index contributed by atoms with van der Waals surface area (Å²) in [4.78, 5) is 25.9. The molecule has 1 heterocycles. The number of aliphatic hydroxyl groups is 1. The summed E-state index contributed by atoms with van der Waals surface area (Å²) >= 11 is 0. The fraction of sp³-hybridized carbons (Fsp3) is 0.500. The average Bonchev–Trinajstić information content (AvgIpc) is 2.96. The predicted molar refractivity (Wildman–Crippen MR) is 83.8 cm³/mol. The molecule has 2 unspecified atom stereocenters. The predicted octanol–water partition coefficient (Wildman–Crippen LogP) is 0.0886. The first-order chi connectivity index (χ1) is 10.5. The Morgan fingerprint density at radius 1 is 1.36 bits per heavy atom. The number of benzene rings is 1. The SMILES string of the molecule is CCN(C)C(=O)c1cccc(C(=O)NCC2CNCC2O)c1. The number of hydrogen-bond donors (Lipinski definition) is 3. The highest BCUT2D eigenvalue weighted by Gasteiger charge is 2.25. The highest BCUT2D eigenvalue weighted by atomic mass is 16.3. The zero-order valence-electron chi connectivity index (χ0n) is 13.0. The van der Waals surface area contributed by atoms with E-state index in [0.29, 0.717) is 37.3 Å². The van der Waals surface area contributed by atoms with Crippen LogP contribution in [0.1, 0.15) is 27.6 Å². The first-order valence-electron chi connectivity index (χ1n) is 7.55. The van der Waals surface area contributed by atoms with Crippen molar-refractivity contribution in [1.82, 2.24) is 15.5 Å². The largest absolute Gasteiger partial charge is 0.391 e. The quantitative estimate of drug-likeness (QED) is 0.720. The van der Waals surface area contributed by atoms with Gasteiger partial charge in [-0.15, -0.1) is 0 Å². The first-order valence-corrected chi connectivity index (χ1v) is 7.55. The normalized spacial score (nSPS) is 20.7. The molecule has 1 saturated heterocycles. The fourth-order valence-electron chi connectivity index (χ4n) is 2.41. The lowest BCUT2D eigenvalue weighted by Gasteiger charge is -2.16. The Labute approximate surface area is 130 Å². The van der Waals surface area contributed by atoms with Gasteiger partial charge in [-0.3, -0.25) is 9.59 Å². The number of hydrogen-bond acceptors (Lipinski definition) is 4. The number of aliphatic hydroxyl groups excluding tert-OH is 1. The third-order valence-electron chi connectivity index (χ3n) is 4.02. The Kier molecular flexibility index (Phi) is 5.51. The Morgan fingerprint density at radius 2 is 2.09 bits per heavy atom. The molecule has 6 nitrogen and oxygen atoms in total. The second-order valence-electron chi connectivity index (χ2n) is 5.60. The van der Waals surface area contributed by atoms with E-state index >= 15 is 0 Å². The minimum atomic E-state index is -0.425. The fourth-order valence-corrected chi connectivity index (χ4v) is 2.41. The zero-order valence-corrected chi connectivity index (χ0v) is 13.0. The van der Waals surface area contributed by atoms with E-state index in [1.54, 1.807) is 36.2 Å². The van der Waals surface area contributed by atoms with Crippen molar-refractivity contribution in [2.75, 3.05) is 33.2 Å². The van der Waals surface area contributed by atoms with E-state index in [0.717, 1.165) is 0 Å². The standard InChI is InChI=1S/C16H23N3O3/c1-3-19(2)16(22)12-6-4-5-11(7-12)15(21)18-9-13-8-17-10-14(13)20/h4-7,13-14,17,20H,3,8-10H2,1-2H3,(H,18,21). The van der Waals surface area contributed by atoms with Crippen LogP contribution in [0.15, 0.2) is 24.3 Å². The van der Waals surface area contributed by atoms with Gasteiger partial charge >= 0.3 is 0 Å². The van der Waals surface area contributed by atoms with Gasteiger partial charge in [0.25, 0.3) is 11.8 Å². The monoisotopic (exact) mass is 305 g/mol. The molecule has 120 valence electrons. The number of β-amino-alcohol motifs (C(OH)–C–C–N with tert-alkyl or cyclic N) is 1. The van der Waals surface area contributed by atoms with Gasteiger partial charge in [-0.25, -0.2) is 0 Å². The summed E-state index contributed by atoms with van der Waals surface area (Å²) < 4.78 is 0. The number of nitrogens with one attached hydrogen (secondary N) is 2. The van der Waals surface area contributed by atoms with Crippen LogP contribution in [0.4, 0.5) is 0 Å². The van der Waals surface area contributed by atoms with Crippen molar-refractivity contribution in [3.63, 3.8) is 0 Å². The minimum absolute atomic E-state index is 0.0278. The van der Waals surface area contributed by atoms with E-state index in [2.05, 4.69) is 10.6 Å². The summed E-state index contributed by atoms with van der Waals surface area (Å²) in [5.74, 6) is -0.305. The number of carbonyl (C=O) groups excluding carboxylic acids is 2. The molecule has 3 N–H and O–H groups in total. The third kappa shape index (κ3) is 3.84. The summed E-state index contributed by atoms with van der Waals surface area (Å²) in [6, 6.07) is 6.70. The van der Waals surface area contributed by atoms with Crippen molar-refractivity contribution < 1.29 is 14.7 Å². The molecule has 1 aromatic carbocycles. The molecule has 1 aliphatic rings. The molecule has 0 saturated carbocycles. The van der Waals surface area contributed by atoms with Crippen LogP contribution in [0.5, 0.6) is 0 Å². The topological polar surface area (TPSA) is 81.7 Å². The lowest BCUT2D eigenvalue weighted by atomic mass is 10.1. The maximum Gasteiger partial charge on any atom is 0.253 e. The Balaban J connectivity index is 1.99. The highest BCUT2D eigenvalue weighted by Crippen LogP contribution is 2.10. The van der Waals surface area contributed by atoms with Crippen LogP contribution < -0.4 is 10.6 Å². The van der Waals surface area contributed by atoms with E-state index in [4.69, 9.17) is 0 Å². The number of carbonyl (C=O) groups is 2. The second kappa shape index (κ2) is 7.38. The lowest BCUT2D eigenvalue weighted by molar-refractivity contribution is 0.0802. The lowest BCUT2D eigenvalue weighted by Crippen LogP contribution is -2.34. The molecule has 2 amide bonds. The maximum absolute atomic E-state index is 12.2. The molecule has 0 aliphatic carbocycles. The van der Waals surface area contributed by atoms with Crippen LogP contribution in [0.3, 0.4) is 0 Å². The molecule has 1 fully saturated rings. The van der Waals surface area contributed by atoms with E-state index in [1.165, 1.54) is 0 Å². The van der Waals surface area contributed by atoms with Crippen molar-refractivity contribution in [3.8, 4) is 0 Å². The van der Waals surface area contributed by atoms with Crippen LogP contribution in [0, 0.1) is 5.92 Å². The summed E-state index contributed by atoms with van der Waals surface area (Å²) in [5.41, 5.74) is 0.954. The van der Waals surface area contributed by atoms with E-state index < -0.39 is 6.10 Å². The maximum atomic E-state index is 12.2. The summed E-state index contributed by atoms with van der Waals surface area (Å²) in [5, 5.41) is 15.6. The van der Waals surface area contributed by atoms with Crippen LogP contribution in [0.2, 0.25) is 0 Å². The molecular weight excluding hydrogens is 282 g/mol. The van der Waals surface area contributed by atoms with Gasteiger partial charge in [-0.1, -0.05) is 6.07 Å². The molecule has 2 atom stereocenters. The average molecular weight is 305 g/mol. The molecule has 0 spiro atoms. The van der Waals surface area contributed by atoms with Crippen LogP contribution in [-0.4, -0.2) is 61.2 Å². The summed E-state index contributed by atoms with van der Waals surface area (Å²) in [7, 11) is 1.73. The van der Waals surface area contributed by atoms with Gasteiger partial charge in [0, 0.05) is 50.3 Å². The molecule has 2 rings (SSSR count). The minimum Gasteiger partial charge on any atom is -0.391 e. The van der Waals surface area contributed by atoms with Crippen molar-refractivity contribution in [3.05, 3.63) is 35.4 Å². The molecule has 1 aromatic rings. The number of amides is 2. The van der Waals surface area contributed by atoms with Gasteiger partial charge in [0.15, 0.2) is 0 Å². The molecule has 6 heteroatoms. The molecule has 0 radical (unpaired) electrons. The highest BCUT2D eigenvalue weighted by molar-refractivity contribution is 5.99. The summed E-state index contributed by atoms with van der Waals surface area (Å²) in [6.45, 7) is 4.19. The Morgan fingerprint density at radius 3 is 2.73 bits per heavy atom. The van der Waals surface area contributed by atoms with Gasteiger partial charge in [0.2, 0.25) is 0 Å². The molecule has 0 bridgehead atoms. The van der Waals surface area contributed by atoms with Gasteiger partial charge in [-0.2, -0.15) is 0 Å². The van der Waals surface area contributed by atoms with Crippen molar-refractivity contribution >= 4 is 11.8 Å². The van der Waals surface area contributed by atoms with Crippen LogP contribution in [0.25, 0.3) is 0 Å². The second-order valence-corrected chi connectivity index (χ2v) is 5.60. The molecule has 0 aromatic heterocycles. The van der Waals surface area contributed by atoms with Crippen molar-refractivity contribution in [2.45, 2.75) is 13.0 Å². The molecule has 22 heavy (non-hydrogen) atoms. The smallest absolute Gasteiger partial charge is 0.253 e. The molecular formula is C16H23N3O3. The van der Waals surface area contributed by atoms with E-state index in [-0.39, 0.29) is 17.7 Å². The van der Waals surface area contributed by atoms with E-state index in [9.17, 15) is 14.7 Å². The van der Waals surface area contributed by atoms with Gasteiger partial charge in [-0.05, 0) is 25.1 Å². The summed E-state index contributed by atoms with van der Waals surface area (Å²) in [6.07, 6.45) is -0.425. The Bertz CT molecular complexity index is 547. The number of rotatable bonds is 5. The van der Waals surface area contributed by atoms with Crippen LogP contribution in [-0.2, 0) is 0 Å².